The van der Waals surface area contributed by atoms with E-state index < -0.39 is 5.91 Å². The number of methoxy groups -OCH3 is 1. The minimum Gasteiger partial charge on any atom is -0.507 e. The van der Waals surface area contributed by atoms with Crippen LogP contribution in [0.2, 0.25) is 0 Å². The van der Waals surface area contributed by atoms with Crippen molar-refractivity contribution in [1.29, 1.82) is 0 Å². The van der Waals surface area contributed by atoms with Gasteiger partial charge in [-0.3, -0.25) is 4.79 Å². The number of primary amides is 1. The molecule has 0 aliphatic heterocycles. The number of rotatable bonds is 8. The van der Waals surface area contributed by atoms with E-state index in [9.17, 15) is 9.90 Å². The summed E-state index contributed by atoms with van der Waals surface area (Å²) >= 11 is 0. The van der Waals surface area contributed by atoms with Crippen LogP contribution in [0.25, 0.3) is 0 Å². The minimum absolute atomic E-state index is 0.0534. The molecule has 3 N–H and O–H groups in total. The van der Waals surface area contributed by atoms with Crippen LogP contribution in [0.3, 0.4) is 0 Å². The molecule has 0 bridgehead atoms. The Morgan fingerprint density at radius 2 is 2.05 bits per heavy atom. The molecule has 0 aliphatic rings. The number of hydrogen-bond donors (Lipinski definition) is 2. The summed E-state index contributed by atoms with van der Waals surface area (Å²) in [7, 11) is 1.58. The van der Waals surface area contributed by atoms with Crippen LogP contribution in [0.5, 0.6) is 11.5 Å². The number of nitrogens with two attached hydrogens (primary N) is 1. The molecule has 4 heteroatoms. The van der Waals surface area contributed by atoms with Gasteiger partial charge in [-0.2, -0.15) is 0 Å². The molecule has 1 amide bonds. The molecular formula is C15H23NO3. The number of phenolic OH excluding ortho intramolecular Hbond substituents is 1. The first kappa shape index (κ1) is 15.3. The lowest BCUT2D eigenvalue weighted by atomic mass is 9.99. The van der Waals surface area contributed by atoms with Gasteiger partial charge < -0.3 is 15.6 Å². The van der Waals surface area contributed by atoms with Gasteiger partial charge in [-0.25, -0.2) is 0 Å². The van der Waals surface area contributed by atoms with Crippen molar-refractivity contribution in [3.05, 3.63) is 23.3 Å². The van der Waals surface area contributed by atoms with Crippen LogP contribution in [-0.4, -0.2) is 18.1 Å². The maximum absolute atomic E-state index is 11.0. The van der Waals surface area contributed by atoms with Crippen molar-refractivity contribution in [3.8, 4) is 11.5 Å². The van der Waals surface area contributed by atoms with E-state index in [1.54, 1.807) is 19.2 Å². The van der Waals surface area contributed by atoms with Crippen molar-refractivity contribution in [1.82, 2.24) is 0 Å². The Hall–Kier alpha value is -1.71. The zero-order valence-corrected chi connectivity index (χ0v) is 11.7. The Morgan fingerprint density at radius 1 is 1.32 bits per heavy atom. The van der Waals surface area contributed by atoms with E-state index in [1.807, 2.05) is 0 Å². The van der Waals surface area contributed by atoms with Gasteiger partial charge >= 0.3 is 0 Å². The van der Waals surface area contributed by atoms with E-state index >= 15 is 0 Å². The number of unbranched alkanes of at least 4 members (excludes halogenated alkanes) is 3. The van der Waals surface area contributed by atoms with Crippen LogP contribution in [0, 0.1) is 0 Å². The second-order valence-electron chi connectivity index (χ2n) is 4.71. The summed E-state index contributed by atoms with van der Waals surface area (Å²) in [6, 6.07) is 3.47. The fraction of sp³-hybridized carbons (Fsp3) is 0.533. The molecule has 4 nitrogen and oxygen atoms in total. The predicted molar refractivity (Wildman–Crippen MR) is 75.4 cm³/mol. The molecule has 1 aromatic rings. The molecule has 0 saturated carbocycles. The van der Waals surface area contributed by atoms with Gasteiger partial charge in [0.1, 0.15) is 11.5 Å². The van der Waals surface area contributed by atoms with Crippen LogP contribution >= 0.6 is 0 Å². The molecule has 0 spiro atoms. The summed E-state index contributed by atoms with van der Waals surface area (Å²) < 4.78 is 5.27. The number of benzene rings is 1. The topological polar surface area (TPSA) is 72.5 Å². The molecule has 1 aromatic carbocycles. The van der Waals surface area contributed by atoms with Crippen LogP contribution in [0.1, 0.15) is 43.7 Å². The highest BCUT2D eigenvalue weighted by atomic mass is 16.5. The third kappa shape index (κ3) is 4.47. The lowest BCUT2D eigenvalue weighted by Gasteiger charge is -2.13. The van der Waals surface area contributed by atoms with Gasteiger partial charge in [-0.15, -0.1) is 0 Å². The van der Waals surface area contributed by atoms with Crippen LogP contribution < -0.4 is 10.5 Å². The lowest BCUT2D eigenvalue weighted by Crippen LogP contribution is -2.14. The van der Waals surface area contributed by atoms with Crippen LogP contribution in [0.15, 0.2) is 12.1 Å². The molecule has 0 heterocycles. The Labute approximate surface area is 114 Å². The molecule has 0 saturated heterocycles. The Bertz CT molecular complexity index is 430. The largest absolute Gasteiger partial charge is 0.507 e. The number of hydrogen-bond acceptors (Lipinski definition) is 3. The number of phenols is 1. The normalized spacial score (nSPS) is 10.4. The van der Waals surface area contributed by atoms with E-state index in [-0.39, 0.29) is 12.2 Å². The first-order valence-electron chi connectivity index (χ1n) is 6.76. The molecule has 106 valence electrons. The third-order valence-corrected chi connectivity index (χ3v) is 3.19. The van der Waals surface area contributed by atoms with Crippen molar-refractivity contribution in [2.24, 2.45) is 5.73 Å². The lowest BCUT2D eigenvalue weighted by molar-refractivity contribution is -0.117. The first-order valence-corrected chi connectivity index (χ1v) is 6.76. The average molecular weight is 265 g/mol. The molecule has 1 rings (SSSR count). The van der Waals surface area contributed by atoms with Crippen molar-refractivity contribution < 1.29 is 14.6 Å². The smallest absolute Gasteiger partial charge is 0.221 e. The quantitative estimate of drug-likeness (QED) is 0.709. The third-order valence-electron chi connectivity index (χ3n) is 3.19. The van der Waals surface area contributed by atoms with Crippen LogP contribution in [0.4, 0.5) is 0 Å². The van der Waals surface area contributed by atoms with Gasteiger partial charge in [0.25, 0.3) is 0 Å². The maximum Gasteiger partial charge on any atom is 0.221 e. The molecule has 19 heavy (non-hydrogen) atoms. The molecule has 0 atom stereocenters. The monoisotopic (exact) mass is 265 g/mol. The second-order valence-corrected chi connectivity index (χ2v) is 4.71. The summed E-state index contributed by atoms with van der Waals surface area (Å²) in [6.45, 7) is 2.16. The van der Waals surface area contributed by atoms with Crippen LogP contribution in [-0.2, 0) is 17.6 Å². The number of ether oxygens (including phenoxy) is 1. The Kier molecular flexibility index (Phi) is 6.19. The predicted octanol–water partition coefficient (Wildman–Crippen LogP) is 2.55. The first-order chi connectivity index (χ1) is 9.10. The standard InChI is InChI=1S/C15H23NO3/c1-3-4-5-6-7-12-13(19-2)9-8-11(15(12)18)10-14(16)17/h8-9,18H,3-7,10H2,1-2H3,(H2,16,17). The molecule has 0 unspecified atom stereocenters. The number of carbonyl (C=O) groups is 1. The van der Waals surface area contributed by atoms with E-state index in [0.29, 0.717) is 11.3 Å². The molecule has 0 radical (unpaired) electrons. The van der Waals surface area contributed by atoms with Gasteiger partial charge in [0, 0.05) is 11.1 Å². The highest BCUT2D eigenvalue weighted by Crippen LogP contribution is 2.33. The van der Waals surface area contributed by atoms with E-state index in [2.05, 4.69) is 6.92 Å². The van der Waals surface area contributed by atoms with Crippen molar-refractivity contribution in [2.45, 2.75) is 45.4 Å². The second kappa shape index (κ2) is 7.67. The Morgan fingerprint density at radius 3 is 2.63 bits per heavy atom. The summed E-state index contributed by atoms with van der Waals surface area (Å²) in [4.78, 5) is 11.0. The average Bonchev–Trinajstić information content (AvgIpc) is 2.38. The summed E-state index contributed by atoms with van der Waals surface area (Å²) in [5, 5.41) is 10.2. The van der Waals surface area contributed by atoms with Gasteiger partial charge in [0.15, 0.2) is 0 Å². The zero-order chi connectivity index (χ0) is 14.3. The van der Waals surface area contributed by atoms with E-state index in [1.165, 1.54) is 12.8 Å². The highest BCUT2D eigenvalue weighted by molar-refractivity contribution is 5.77. The van der Waals surface area contributed by atoms with Gasteiger partial charge in [-0.1, -0.05) is 32.3 Å². The van der Waals surface area contributed by atoms with Gasteiger partial charge in [0.2, 0.25) is 5.91 Å². The Balaban J connectivity index is 2.87. The molecule has 0 aliphatic carbocycles. The minimum atomic E-state index is -0.447. The van der Waals surface area contributed by atoms with Crippen molar-refractivity contribution >= 4 is 5.91 Å². The summed E-state index contributed by atoms with van der Waals surface area (Å²) in [5.74, 6) is 0.370. The highest BCUT2D eigenvalue weighted by Gasteiger charge is 2.14. The van der Waals surface area contributed by atoms with Gasteiger partial charge in [0.05, 0.1) is 13.5 Å². The number of amides is 1. The van der Waals surface area contributed by atoms with E-state index in [4.69, 9.17) is 10.5 Å². The van der Waals surface area contributed by atoms with Crippen molar-refractivity contribution in [3.63, 3.8) is 0 Å². The fourth-order valence-electron chi connectivity index (χ4n) is 2.16. The molecule has 0 aromatic heterocycles. The maximum atomic E-state index is 11.0. The summed E-state index contributed by atoms with van der Waals surface area (Å²) in [6.07, 6.45) is 5.28. The fourth-order valence-corrected chi connectivity index (χ4v) is 2.16. The number of carbonyl (C=O) groups excluding carboxylic acids is 1. The summed E-state index contributed by atoms with van der Waals surface area (Å²) in [5.41, 5.74) is 6.52. The zero-order valence-electron chi connectivity index (χ0n) is 11.7. The molecule has 0 fully saturated rings. The number of aromatic hydroxyl groups is 1. The van der Waals surface area contributed by atoms with Gasteiger partial charge in [-0.05, 0) is 18.9 Å². The SMILES string of the molecule is CCCCCCc1c(OC)ccc(CC(N)=O)c1O. The van der Waals surface area contributed by atoms with E-state index in [0.717, 1.165) is 24.8 Å². The molecular weight excluding hydrogens is 242 g/mol. The van der Waals surface area contributed by atoms with Crippen molar-refractivity contribution in [2.75, 3.05) is 7.11 Å².